The van der Waals surface area contributed by atoms with Crippen molar-refractivity contribution in [3.8, 4) is 34.6 Å². The third-order valence-corrected chi connectivity index (χ3v) is 12.2. The van der Waals surface area contributed by atoms with Gasteiger partial charge < -0.3 is 14.0 Å². The highest BCUT2D eigenvalue weighted by atomic mass is 15.2. The molecule has 0 bridgehead atoms. The Morgan fingerprint density at radius 3 is 1.14 bits per heavy atom. The van der Waals surface area contributed by atoms with Crippen molar-refractivity contribution in [1.82, 2.24) is 9.13 Å². The third kappa shape index (κ3) is 4.50. The minimum Gasteiger partial charge on any atom is -0.306 e. The maximum Gasteiger partial charge on any atom is 0.102 e. The molecule has 1 aliphatic rings. The Balaban J connectivity index is 1.48. The molecular weight excluding hydrogens is 707 g/mol. The quantitative estimate of drug-likeness (QED) is 0.180. The van der Waals surface area contributed by atoms with Crippen molar-refractivity contribution in [1.29, 1.82) is 10.5 Å². The molecule has 10 aromatic rings. The fraction of sp³-hybridized carbons (Fsp3) is 0.0566. The summed E-state index contributed by atoms with van der Waals surface area (Å²) in [5.74, 6) is 0. The first-order valence-electron chi connectivity index (χ1n) is 19.6. The van der Waals surface area contributed by atoms with Crippen LogP contribution in [0.1, 0.15) is 36.1 Å². The third-order valence-electron chi connectivity index (χ3n) is 12.2. The number of nitrogens with zero attached hydrogens (tertiary/aromatic N) is 5. The molecule has 0 unspecified atom stereocenters. The lowest BCUT2D eigenvalue weighted by molar-refractivity contribution is 0.631. The molecule has 5 heteroatoms. The maximum absolute atomic E-state index is 11.8. The van der Waals surface area contributed by atoms with Crippen molar-refractivity contribution >= 4 is 60.7 Å². The molecule has 0 fully saturated rings. The molecule has 0 N–H and O–H groups in total. The van der Waals surface area contributed by atoms with Gasteiger partial charge in [0.05, 0.1) is 61.6 Å². The lowest BCUT2D eigenvalue weighted by Crippen LogP contribution is -2.32. The van der Waals surface area contributed by atoms with E-state index >= 15 is 0 Å². The number of nitriles is 2. The smallest absolute Gasteiger partial charge is 0.102 e. The van der Waals surface area contributed by atoms with E-state index in [4.69, 9.17) is 0 Å². The van der Waals surface area contributed by atoms with Crippen LogP contribution in [0.5, 0.6) is 0 Å². The molecule has 0 spiro atoms. The Bertz CT molecular complexity index is 3100. The van der Waals surface area contributed by atoms with E-state index in [2.05, 4.69) is 186 Å². The molecule has 0 saturated carbocycles. The summed E-state index contributed by atoms with van der Waals surface area (Å²) in [4.78, 5) is 2.34. The van der Waals surface area contributed by atoms with Gasteiger partial charge in [0.25, 0.3) is 0 Å². The van der Waals surface area contributed by atoms with E-state index in [0.717, 1.165) is 77.4 Å². The molecule has 0 atom stereocenters. The number of benzene rings is 8. The van der Waals surface area contributed by atoms with Gasteiger partial charge in [-0.2, -0.15) is 10.5 Å². The van der Waals surface area contributed by atoms with Crippen molar-refractivity contribution in [3.63, 3.8) is 0 Å². The number of para-hydroxylation sites is 6. The van der Waals surface area contributed by atoms with Crippen LogP contribution in [0.4, 0.5) is 17.1 Å². The van der Waals surface area contributed by atoms with E-state index in [0.29, 0.717) is 28.1 Å². The predicted octanol–water partition coefficient (Wildman–Crippen LogP) is 13.4. The summed E-state index contributed by atoms with van der Waals surface area (Å²) in [5.41, 5.74) is 12.2. The van der Waals surface area contributed by atoms with Crippen LogP contribution < -0.4 is 4.90 Å². The van der Waals surface area contributed by atoms with Gasteiger partial charge in [0, 0.05) is 32.5 Å². The zero-order valence-corrected chi connectivity index (χ0v) is 32.0. The maximum atomic E-state index is 11.8. The topological polar surface area (TPSA) is 60.7 Å². The van der Waals surface area contributed by atoms with Gasteiger partial charge in [-0.1, -0.05) is 153 Å². The summed E-state index contributed by atoms with van der Waals surface area (Å²) >= 11 is 0. The Hall–Kier alpha value is -7.86. The van der Waals surface area contributed by atoms with Crippen molar-refractivity contribution in [2.75, 3.05) is 4.90 Å². The molecule has 1 aliphatic heterocycles. The van der Waals surface area contributed by atoms with Crippen molar-refractivity contribution in [2.45, 2.75) is 19.3 Å². The average molecular weight is 742 g/mol. The number of aromatic nitrogens is 2. The van der Waals surface area contributed by atoms with Crippen LogP contribution in [0.15, 0.2) is 176 Å². The first-order valence-corrected chi connectivity index (χ1v) is 19.6. The summed E-state index contributed by atoms with van der Waals surface area (Å²) in [7, 11) is 0. The van der Waals surface area contributed by atoms with E-state index in [1.54, 1.807) is 0 Å². The number of rotatable bonds is 4. The van der Waals surface area contributed by atoms with Crippen LogP contribution in [-0.2, 0) is 5.41 Å². The monoisotopic (exact) mass is 741 g/mol. The van der Waals surface area contributed by atoms with Gasteiger partial charge in [-0.05, 0) is 53.1 Å². The molecule has 0 saturated heterocycles. The Morgan fingerprint density at radius 1 is 0.397 bits per heavy atom. The Morgan fingerprint density at radius 2 is 0.741 bits per heavy atom. The van der Waals surface area contributed by atoms with Gasteiger partial charge in [0.2, 0.25) is 0 Å². The van der Waals surface area contributed by atoms with Crippen LogP contribution in [0.3, 0.4) is 0 Å². The minimum atomic E-state index is -0.343. The molecular formula is C53H35N5. The average Bonchev–Trinajstić information content (AvgIpc) is 3.79. The van der Waals surface area contributed by atoms with Crippen LogP contribution in [0, 0.1) is 22.7 Å². The molecule has 58 heavy (non-hydrogen) atoms. The molecule has 0 aliphatic carbocycles. The van der Waals surface area contributed by atoms with E-state index < -0.39 is 0 Å². The zero-order valence-electron chi connectivity index (χ0n) is 32.0. The fourth-order valence-electron chi connectivity index (χ4n) is 9.71. The van der Waals surface area contributed by atoms with Crippen LogP contribution >= 0.6 is 0 Å². The normalized spacial score (nSPS) is 13.1. The second-order valence-electron chi connectivity index (χ2n) is 15.5. The van der Waals surface area contributed by atoms with Gasteiger partial charge in [0.1, 0.15) is 12.1 Å². The molecule has 0 radical (unpaired) electrons. The first kappa shape index (κ1) is 33.5. The zero-order chi connectivity index (χ0) is 39.1. The second-order valence-corrected chi connectivity index (χ2v) is 15.5. The number of hydrogen-bond donors (Lipinski definition) is 0. The Kier molecular flexibility index (Phi) is 7.26. The van der Waals surface area contributed by atoms with E-state index in [1.807, 2.05) is 30.3 Å². The molecule has 8 aromatic carbocycles. The number of anilines is 3. The van der Waals surface area contributed by atoms with Crippen LogP contribution in [-0.4, -0.2) is 9.13 Å². The molecule has 272 valence electrons. The second kappa shape index (κ2) is 12.6. The van der Waals surface area contributed by atoms with E-state index in [-0.39, 0.29) is 5.41 Å². The molecule has 3 heterocycles. The highest BCUT2D eigenvalue weighted by molar-refractivity contribution is 6.14. The summed E-state index contributed by atoms with van der Waals surface area (Å²) in [6, 6.07) is 66.3. The van der Waals surface area contributed by atoms with Crippen LogP contribution in [0.2, 0.25) is 0 Å². The van der Waals surface area contributed by atoms with E-state index in [1.165, 1.54) is 0 Å². The standard InChI is InChI=1S/C53H35N5/c1-53(2)41-24-10-16-30-47(41)58(48-31-17-11-25-42(48)53)52-50(56-43-26-12-6-20-35(43)36-21-7-13-27-44(36)56)39(32-54)49(34-18-4-3-5-19-34)40(33-55)51(52)57-45-28-14-8-22-37(45)38-23-9-15-29-46(38)57/h3-31H,1-2H3. The minimum absolute atomic E-state index is 0.343. The first-order chi connectivity index (χ1) is 28.5. The highest BCUT2D eigenvalue weighted by Crippen LogP contribution is 2.57. The van der Waals surface area contributed by atoms with Crippen molar-refractivity contribution < 1.29 is 0 Å². The summed E-state index contributed by atoms with van der Waals surface area (Å²) in [5, 5.41) is 27.9. The lowest BCUT2D eigenvalue weighted by atomic mass is 9.73. The van der Waals surface area contributed by atoms with Gasteiger partial charge in [-0.3, -0.25) is 0 Å². The van der Waals surface area contributed by atoms with Crippen LogP contribution in [0.25, 0.3) is 66.1 Å². The summed E-state index contributed by atoms with van der Waals surface area (Å²) in [6.45, 7) is 4.56. The summed E-state index contributed by atoms with van der Waals surface area (Å²) in [6.07, 6.45) is 0. The predicted molar refractivity (Wildman–Crippen MR) is 237 cm³/mol. The summed E-state index contributed by atoms with van der Waals surface area (Å²) < 4.78 is 4.54. The van der Waals surface area contributed by atoms with Gasteiger partial charge in [-0.25, -0.2) is 0 Å². The molecule has 5 nitrogen and oxygen atoms in total. The SMILES string of the molecule is CC1(C)c2ccccc2N(c2c(-n3c4ccccc4c4ccccc43)c(C#N)c(-c3ccccc3)c(C#N)c2-n2c3ccccc3c3ccccc32)c2ccccc21. The number of fused-ring (bicyclic) bond motifs is 8. The largest absolute Gasteiger partial charge is 0.306 e. The molecule has 11 rings (SSSR count). The van der Waals surface area contributed by atoms with Gasteiger partial charge >= 0.3 is 0 Å². The molecule has 2 aromatic heterocycles. The number of hydrogen-bond acceptors (Lipinski definition) is 3. The van der Waals surface area contributed by atoms with Gasteiger partial charge in [-0.15, -0.1) is 0 Å². The van der Waals surface area contributed by atoms with Crippen molar-refractivity contribution in [3.05, 3.63) is 198 Å². The molecule has 0 amide bonds. The fourth-order valence-corrected chi connectivity index (χ4v) is 9.71. The Labute approximate surface area is 336 Å². The highest BCUT2D eigenvalue weighted by Gasteiger charge is 2.41. The van der Waals surface area contributed by atoms with Crippen molar-refractivity contribution in [2.24, 2.45) is 0 Å². The lowest BCUT2D eigenvalue weighted by Gasteiger charge is -2.43. The van der Waals surface area contributed by atoms with E-state index in [9.17, 15) is 10.5 Å². The van der Waals surface area contributed by atoms with Gasteiger partial charge in [0.15, 0.2) is 0 Å².